The fraction of sp³-hybridized carbons (Fsp3) is 0.889. The van der Waals surface area contributed by atoms with Crippen LogP contribution in [0.4, 0.5) is 8.78 Å². The largest absolute Gasteiger partial charge is 0.480 e. The lowest BCUT2D eigenvalue weighted by atomic mass is 10.0. The summed E-state index contributed by atoms with van der Waals surface area (Å²) in [6.07, 6.45) is -0.584. The molecule has 0 aromatic rings. The Morgan fingerprint density at radius 1 is 1.50 bits per heavy atom. The summed E-state index contributed by atoms with van der Waals surface area (Å²) in [7, 11) is 0. The van der Waals surface area contributed by atoms with Crippen molar-refractivity contribution in [1.82, 2.24) is 4.90 Å². The predicted octanol–water partition coefficient (Wildman–Crippen LogP) is 1.58. The van der Waals surface area contributed by atoms with Crippen molar-refractivity contribution in [2.75, 3.05) is 6.54 Å². The molecule has 1 atom stereocenters. The third kappa shape index (κ3) is 2.20. The molecule has 1 N–H and O–H groups in total. The van der Waals surface area contributed by atoms with Crippen LogP contribution in [0.5, 0.6) is 0 Å². The molecule has 1 fully saturated rings. The summed E-state index contributed by atoms with van der Waals surface area (Å²) < 4.78 is 26.1. The number of hydrogen-bond donors (Lipinski definition) is 1. The maximum absolute atomic E-state index is 13.0. The van der Waals surface area contributed by atoms with Gasteiger partial charge in [0.15, 0.2) is 0 Å². The van der Waals surface area contributed by atoms with Crippen LogP contribution in [0.2, 0.25) is 0 Å². The van der Waals surface area contributed by atoms with E-state index in [1.165, 1.54) is 4.90 Å². The molecule has 1 heterocycles. The molecule has 14 heavy (non-hydrogen) atoms. The fourth-order valence-corrected chi connectivity index (χ4v) is 1.74. The zero-order chi connectivity index (χ0) is 11.1. The van der Waals surface area contributed by atoms with Crippen molar-refractivity contribution in [1.29, 1.82) is 0 Å². The highest BCUT2D eigenvalue weighted by atomic mass is 19.3. The Balaban J connectivity index is 2.89. The van der Waals surface area contributed by atoms with E-state index in [-0.39, 0.29) is 0 Å². The number of likely N-dealkylation sites (tertiary alicyclic amines) is 1. The molecule has 0 unspecified atom stereocenters. The summed E-state index contributed by atoms with van der Waals surface area (Å²) in [5.74, 6) is -4.05. The number of carboxylic acids is 1. The molecule has 0 saturated carbocycles. The standard InChI is InChI=1S/C9H15F2NO2/c1-8(2,3)12-5-9(10,11)4-6(12)7(13)14/h6H,4-5H2,1-3H3,(H,13,14)/t6-/m1/s1. The van der Waals surface area contributed by atoms with E-state index < -0.39 is 36.4 Å². The molecule has 0 bridgehead atoms. The molecule has 0 radical (unpaired) electrons. The third-order valence-electron chi connectivity index (χ3n) is 2.42. The number of aliphatic carboxylic acids is 1. The van der Waals surface area contributed by atoms with Crippen molar-refractivity contribution in [3.8, 4) is 0 Å². The van der Waals surface area contributed by atoms with Gasteiger partial charge in [-0.2, -0.15) is 0 Å². The van der Waals surface area contributed by atoms with Crippen molar-refractivity contribution in [3.63, 3.8) is 0 Å². The van der Waals surface area contributed by atoms with Crippen LogP contribution in [0.15, 0.2) is 0 Å². The Labute approximate surface area is 81.7 Å². The first-order chi connectivity index (χ1) is 6.13. The molecule has 0 aromatic heterocycles. The Kier molecular flexibility index (Phi) is 2.56. The van der Waals surface area contributed by atoms with Crippen molar-refractivity contribution in [2.45, 2.75) is 44.7 Å². The van der Waals surface area contributed by atoms with E-state index in [0.717, 1.165) is 0 Å². The van der Waals surface area contributed by atoms with Gasteiger partial charge in [-0.25, -0.2) is 8.78 Å². The maximum Gasteiger partial charge on any atom is 0.321 e. The van der Waals surface area contributed by atoms with Crippen LogP contribution in [0.25, 0.3) is 0 Å². The number of nitrogens with zero attached hydrogens (tertiary/aromatic N) is 1. The first-order valence-corrected chi connectivity index (χ1v) is 4.51. The van der Waals surface area contributed by atoms with Gasteiger partial charge in [0.25, 0.3) is 5.92 Å². The summed E-state index contributed by atoms with van der Waals surface area (Å²) in [6, 6.07) is -1.06. The summed E-state index contributed by atoms with van der Waals surface area (Å²) in [6.45, 7) is 4.76. The van der Waals surface area contributed by atoms with E-state index in [2.05, 4.69) is 0 Å². The van der Waals surface area contributed by atoms with Crippen LogP contribution in [0.3, 0.4) is 0 Å². The zero-order valence-electron chi connectivity index (χ0n) is 8.55. The lowest BCUT2D eigenvalue weighted by Gasteiger charge is -2.34. The van der Waals surface area contributed by atoms with E-state index in [9.17, 15) is 13.6 Å². The molecule has 1 aliphatic rings. The average Bonchev–Trinajstić information content (AvgIpc) is 2.24. The quantitative estimate of drug-likeness (QED) is 0.709. The highest BCUT2D eigenvalue weighted by Crippen LogP contribution is 2.36. The van der Waals surface area contributed by atoms with Gasteiger partial charge in [0, 0.05) is 12.0 Å². The van der Waals surface area contributed by atoms with Crippen LogP contribution >= 0.6 is 0 Å². The van der Waals surface area contributed by atoms with Gasteiger partial charge in [-0.3, -0.25) is 9.69 Å². The van der Waals surface area contributed by atoms with Gasteiger partial charge in [0.05, 0.1) is 6.54 Å². The molecular formula is C9H15F2NO2. The molecule has 0 aromatic carbocycles. The first kappa shape index (κ1) is 11.4. The van der Waals surface area contributed by atoms with Gasteiger partial charge in [0.2, 0.25) is 0 Å². The van der Waals surface area contributed by atoms with E-state index >= 15 is 0 Å². The molecule has 0 aliphatic carbocycles. The normalized spacial score (nSPS) is 27.9. The second-order valence-electron chi connectivity index (χ2n) is 4.71. The number of halogens is 2. The SMILES string of the molecule is CC(C)(C)N1CC(F)(F)C[C@@H]1C(=O)O. The molecule has 1 aliphatic heterocycles. The number of rotatable bonds is 1. The van der Waals surface area contributed by atoms with E-state index in [4.69, 9.17) is 5.11 Å². The number of alkyl halides is 2. The fourth-order valence-electron chi connectivity index (χ4n) is 1.74. The van der Waals surface area contributed by atoms with E-state index in [1.807, 2.05) is 0 Å². The van der Waals surface area contributed by atoms with Gasteiger partial charge >= 0.3 is 5.97 Å². The molecule has 0 amide bonds. The lowest BCUT2D eigenvalue weighted by Crippen LogP contribution is -2.48. The first-order valence-electron chi connectivity index (χ1n) is 4.51. The van der Waals surface area contributed by atoms with Gasteiger partial charge in [-0.15, -0.1) is 0 Å². The Hall–Kier alpha value is -0.710. The second kappa shape index (κ2) is 3.15. The van der Waals surface area contributed by atoms with Gasteiger partial charge in [0.1, 0.15) is 6.04 Å². The van der Waals surface area contributed by atoms with Crippen LogP contribution in [-0.2, 0) is 4.79 Å². The summed E-state index contributed by atoms with van der Waals surface area (Å²) >= 11 is 0. The summed E-state index contributed by atoms with van der Waals surface area (Å²) in [4.78, 5) is 12.1. The molecule has 3 nitrogen and oxygen atoms in total. The molecule has 5 heteroatoms. The summed E-state index contributed by atoms with van der Waals surface area (Å²) in [5, 5.41) is 8.80. The van der Waals surface area contributed by atoms with Gasteiger partial charge in [-0.1, -0.05) is 0 Å². The highest BCUT2D eigenvalue weighted by Gasteiger charge is 2.51. The average molecular weight is 207 g/mol. The third-order valence-corrected chi connectivity index (χ3v) is 2.42. The zero-order valence-corrected chi connectivity index (χ0v) is 8.55. The maximum atomic E-state index is 13.0. The van der Waals surface area contributed by atoms with Crippen LogP contribution in [0.1, 0.15) is 27.2 Å². The van der Waals surface area contributed by atoms with Gasteiger partial charge in [-0.05, 0) is 20.8 Å². The number of hydrogen-bond acceptors (Lipinski definition) is 2. The topological polar surface area (TPSA) is 40.5 Å². The molecule has 82 valence electrons. The number of carbonyl (C=O) groups is 1. The smallest absolute Gasteiger partial charge is 0.321 e. The monoisotopic (exact) mass is 207 g/mol. The second-order valence-corrected chi connectivity index (χ2v) is 4.71. The Morgan fingerprint density at radius 2 is 2.00 bits per heavy atom. The molecule has 0 spiro atoms. The van der Waals surface area contributed by atoms with Crippen LogP contribution < -0.4 is 0 Å². The Morgan fingerprint density at radius 3 is 2.29 bits per heavy atom. The van der Waals surface area contributed by atoms with Crippen molar-refractivity contribution < 1.29 is 18.7 Å². The predicted molar refractivity (Wildman–Crippen MR) is 47.4 cm³/mol. The minimum atomic E-state index is -2.88. The Bertz CT molecular complexity index is 248. The van der Waals surface area contributed by atoms with Crippen molar-refractivity contribution in [2.24, 2.45) is 0 Å². The highest BCUT2D eigenvalue weighted by molar-refractivity contribution is 5.74. The van der Waals surface area contributed by atoms with Crippen LogP contribution in [-0.4, -0.2) is 40.0 Å². The van der Waals surface area contributed by atoms with Gasteiger partial charge < -0.3 is 5.11 Å². The van der Waals surface area contributed by atoms with Crippen LogP contribution in [0, 0.1) is 0 Å². The van der Waals surface area contributed by atoms with Crippen molar-refractivity contribution in [3.05, 3.63) is 0 Å². The molecule has 1 rings (SSSR count). The summed E-state index contributed by atoms with van der Waals surface area (Å²) in [5.41, 5.74) is -0.539. The van der Waals surface area contributed by atoms with Crippen molar-refractivity contribution >= 4 is 5.97 Å². The van der Waals surface area contributed by atoms with E-state index in [0.29, 0.717) is 0 Å². The lowest BCUT2D eigenvalue weighted by molar-refractivity contribution is -0.144. The minimum Gasteiger partial charge on any atom is -0.480 e. The van der Waals surface area contributed by atoms with E-state index in [1.54, 1.807) is 20.8 Å². The number of carboxylic acid groups (broad SMARTS) is 1. The minimum absolute atomic E-state index is 0.465. The molecular weight excluding hydrogens is 192 g/mol. The molecule has 1 saturated heterocycles.